The molecule has 2 atom stereocenters. The molecule has 2 unspecified atom stereocenters. The van der Waals surface area contributed by atoms with Gasteiger partial charge in [-0.3, -0.25) is 4.79 Å². The van der Waals surface area contributed by atoms with Crippen molar-refractivity contribution in [2.24, 2.45) is 11.8 Å². The van der Waals surface area contributed by atoms with Crippen molar-refractivity contribution in [3.05, 3.63) is 0 Å². The van der Waals surface area contributed by atoms with E-state index in [1.54, 1.807) is 0 Å². The quantitative estimate of drug-likeness (QED) is 0.581. The average molecular weight is 167 g/mol. The Kier molecular flexibility index (Phi) is 1.85. The molecule has 12 heavy (non-hydrogen) atoms. The Balaban J connectivity index is 1.98. The van der Waals surface area contributed by atoms with Crippen LogP contribution in [0.5, 0.6) is 0 Å². The van der Waals surface area contributed by atoms with Crippen molar-refractivity contribution >= 4 is 5.91 Å². The van der Waals surface area contributed by atoms with E-state index in [-0.39, 0.29) is 0 Å². The van der Waals surface area contributed by atoms with Crippen LogP contribution in [-0.2, 0) is 4.79 Å². The second kappa shape index (κ2) is 2.75. The standard InChI is InChI=1S/C10H17NO/c1-7-5-8(2)11(6-7)10(12)9-3-4-9/h7-9H,3-6H2,1-2H3. The highest BCUT2D eigenvalue weighted by Gasteiger charge is 2.38. The number of hydrogen-bond donors (Lipinski definition) is 0. The normalized spacial score (nSPS) is 35.7. The maximum Gasteiger partial charge on any atom is 0.225 e. The fraction of sp³-hybridized carbons (Fsp3) is 0.900. The van der Waals surface area contributed by atoms with Crippen LogP contribution in [0, 0.1) is 11.8 Å². The van der Waals surface area contributed by atoms with Crippen LogP contribution in [-0.4, -0.2) is 23.4 Å². The summed E-state index contributed by atoms with van der Waals surface area (Å²) in [6, 6.07) is 0.494. The summed E-state index contributed by atoms with van der Waals surface area (Å²) < 4.78 is 0. The Morgan fingerprint density at radius 2 is 2.00 bits per heavy atom. The van der Waals surface area contributed by atoms with E-state index in [2.05, 4.69) is 18.7 Å². The van der Waals surface area contributed by atoms with Gasteiger partial charge in [0, 0.05) is 18.5 Å². The third-order valence-electron chi connectivity index (χ3n) is 2.99. The Bertz CT molecular complexity index is 198. The molecule has 1 saturated heterocycles. The number of hydrogen-bond acceptors (Lipinski definition) is 1. The van der Waals surface area contributed by atoms with Crippen molar-refractivity contribution in [1.29, 1.82) is 0 Å². The van der Waals surface area contributed by atoms with Crippen LogP contribution in [0.25, 0.3) is 0 Å². The van der Waals surface area contributed by atoms with Gasteiger partial charge in [-0.05, 0) is 32.1 Å². The zero-order chi connectivity index (χ0) is 8.72. The first-order valence-corrected chi connectivity index (χ1v) is 4.99. The minimum Gasteiger partial charge on any atom is -0.339 e. The number of nitrogens with zero attached hydrogens (tertiary/aromatic N) is 1. The van der Waals surface area contributed by atoms with E-state index in [9.17, 15) is 4.79 Å². The fourth-order valence-electron chi connectivity index (χ4n) is 2.17. The summed E-state index contributed by atoms with van der Waals surface area (Å²) >= 11 is 0. The lowest BCUT2D eigenvalue weighted by atomic mass is 10.1. The van der Waals surface area contributed by atoms with Crippen LogP contribution in [0.1, 0.15) is 33.1 Å². The van der Waals surface area contributed by atoms with Crippen LogP contribution in [0.3, 0.4) is 0 Å². The molecule has 2 nitrogen and oxygen atoms in total. The van der Waals surface area contributed by atoms with E-state index >= 15 is 0 Å². The molecule has 1 saturated carbocycles. The van der Waals surface area contributed by atoms with Gasteiger partial charge in [-0.25, -0.2) is 0 Å². The zero-order valence-electron chi connectivity index (χ0n) is 7.92. The van der Waals surface area contributed by atoms with Gasteiger partial charge in [0.2, 0.25) is 5.91 Å². The third kappa shape index (κ3) is 1.35. The second-order valence-electron chi connectivity index (χ2n) is 4.45. The predicted molar refractivity (Wildman–Crippen MR) is 47.7 cm³/mol. The molecular weight excluding hydrogens is 150 g/mol. The van der Waals surface area contributed by atoms with Gasteiger partial charge in [0.25, 0.3) is 0 Å². The number of carbonyl (C=O) groups is 1. The summed E-state index contributed by atoms with van der Waals surface area (Å²) in [6.45, 7) is 5.40. The molecule has 0 radical (unpaired) electrons. The largest absolute Gasteiger partial charge is 0.339 e. The smallest absolute Gasteiger partial charge is 0.225 e. The van der Waals surface area contributed by atoms with Gasteiger partial charge in [0.15, 0.2) is 0 Å². The molecule has 1 amide bonds. The first-order chi connectivity index (χ1) is 5.68. The Labute approximate surface area is 73.9 Å². The van der Waals surface area contributed by atoms with E-state index < -0.39 is 0 Å². The number of rotatable bonds is 1. The lowest BCUT2D eigenvalue weighted by molar-refractivity contribution is -0.133. The van der Waals surface area contributed by atoms with E-state index in [1.807, 2.05) is 0 Å². The fourth-order valence-corrected chi connectivity index (χ4v) is 2.17. The molecule has 68 valence electrons. The van der Waals surface area contributed by atoms with Crippen molar-refractivity contribution in [2.75, 3.05) is 6.54 Å². The predicted octanol–water partition coefficient (Wildman–Crippen LogP) is 1.65. The minimum absolute atomic E-state index is 0.401. The van der Waals surface area contributed by atoms with Crippen LogP contribution in [0.4, 0.5) is 0 Å². The molecule has 2 fully saturated rings. The first kappa shape index (κ1) is 8.09. The van der Waals surface area contributed by atoms with Gasteiger partial charge >= 0.3 is 0 Å². The SMILES string of the molecule is CC1CC(C)N(C(=O)C2CC2)C1. The maximum atomic E-state index is 11.7. The van der Waals surface area contributed by atoms with Gasteiger partial charge in [-0.2, -0.15) is 0 Å². The summed E-state index contributed by atoms with van der Waals surface area (Å²) in [5.41, 5.74) is 0. The molecule has 2 rings (SSSR count). The summed E-state index contributed by atoms with van der Waals surface area (Å²) in [4.78, 5) is 13.8. The van der Waals surface area contributed by atoms with Crippen molar-refractivity contribution < 1.29 is 4.79 Å². The third-order valence-corrected chi connectivity index (χ3v) is 2.99. The van der Waals surface area contributed by atoms with Crippen LogP contribution < -0.4 is 0 Å². The summed E-state index contributed by atoms with van der Waals surface area (Å²) in [6.07, 6.45) is 3.46. The van der Waals surface area contributed by atoms with E-state index in [4.69, 9.17) is 0 Å². The molecule has 1 aliphatic heterocycles. The van der Waals surface area contributed by atoms with Gasteiger partial charge in [0.1, 0.15) is 0 Å². The van der Waals surface area contributed by atoms with E-state index in [0.717, 1.165) is 19.4 Å². The number of carbonyl (C=O) groups excluding carboxylic acids is 1. The maximum absolute atomic E-state index is 11.7. The first-order valence-electron chi connectivity index (χ1n) is 4.99. The van der Waals surface area contributed by atoms with Gasteiger partial charge in [-0.1, -0.05) is 6.92 Å². The average Bonchev–Trinajstić information content (AvgIpc) is 2.77. The van der Waals surface area contributed by atoms with Crippen LogP contribution in [0.2, 0.25) is 0 Å². The topological polar surface area (TPSA) is 20.3 Å². The lowest BCUT2D eigenvalue weighted by Gasteiger charge is -2.21. The molecule has 1 aliphatic carbocycles. The monoisotopic (exact) mass is 167 g/mol. The Morgan fingerprint density at radius 1 is 1.33 bits per heavy atom. The molecule has 0 spiro atoms. The van der Waals surface area contributed by atoms with Crippen molar-refractivity contribution in [2.45, 2.75) is 39.2 Å². The summed E-state index contributed by atoms with van der Waals surface area (Å²) in [5, 5.41) is 0. The molecule has 0 aromatic rings. The highest BCUT2D eigenvalue weighted by atomic mass is 16.2. The zero-order valence-corrected chi connectivity index (χ0v) is 7.92. The molecular formula is C10H17NO. The highest BCUT2D eigenvalue weighted by molar-refractivity contribution is 5.81. The van der Waals surface area contributed by atoms with Crippen molar-refractivity contribution in [3.63, 3.8) is 0 Å². The van der Waals surface area contributed by atoms with Crippen molar-refractivity contribution in [1.82, 2.24) is 4.90 Å². The second-order valence-corrected chi connectivity index (χ2v) is 4.45. The van der Waals surface area contributed by atoms with Crippen molar-refractivity contribution in [3.8, 4) is 0 Å². The number of amides is 1. The van der Waals surface area contributed by atoms with Gasteiger partial charge in [0.05, 0.1) is 0 Å². The molecule has 2 aliphatic rings. The Morgan fingerprint density at radius 3 is 2.42 bits per heavy atom. The molecule has 0 N–H and O–H groups in total. The number of likely N-dealkylation sites (tertiary alicyclic amines) is 1. The van der Waals surface area contributed by atoms with Crippen LogP contribution in [0.15, 0.2) is 0 Å². The highest BCUT2D eigenvalue weighted by Crippen LogP contribution is 2.34. The molecule has 0 aromatic carbocycles. The molecule has 2 heteroatoms. The lowest BCUT2D eigenvalue weighted by Crippen LogP contribution is -2.34. The molecule has 0 aromatic heterocycles. The molecule has 1 heterocycles. The molecule has 0 bridgehead atoms. The van der Waals surface area contributed by atoms with E-state index in [1.165, 1.54) is 6.42 Å². The van der Waals surface area contributed by atoms with Gasteiger partial charge < -0.3 is 4.90 Å². The Hall–Kier alpha value is -0.530. The van der Waals surface area contributed by atoms with Gasteiger partial charge in [-0.15, -0.1) is 0 Å². The minimum atomic E-state index is 0.401. The summed E-state index contributed by atoms with van der Waals surface area (Å²) in [5.74, 6) is 1.53. The summed E-state index contributed by atoms with van der Waals surface area (Å²) in [7, 11) is 0. The van der Waals surface area contributed by atoms with Crippen LogP contribution >= 0.6 is 0 Å². The van der Waals surface area contributed by atoms with E-state index in [0.29, 0.717) is 23.8 Å².